The Bertz CT molecular complexity index is 558. The van der Waals surface area contributed by atoms with E-state index in [1.54, 1.807) is 12.1 Å². The molecule has 1 aromatic carbocycles. The van der Waals surface area contributed by atoms with Gasteiger partial charge in [0.15, 0.2) is 0 Å². The van der Waals surface area contributed by atoms with Gasteiger partial charge in [-0.1, -0.05) is 6.07 Å². The van der Waals surface area contributed by atoms with E-state index in [9.17, 15) is 4.39 Å². The van der Waals surface area contributed by atoms with Crippen molar-refractivity contribution in [3.63, 3.8) is 0 Å². The molecule has 2 rings (SSSR count). The summed E-state index contributed by atoms with van der Waals surface area (Å²) < 4.78 is 13.7. The molecule has 0 unspecified atom stereocenters. The Morgan fingerprint density at radius 3 is 2.75 bits per heavy atom. The monoisotopic (exact) mass is 215 g/mol. The van der Waals surface area contributed by atoms with Gasteiger partial charge < -0.3 is 5.73 Å². The zero-order valence-electron chi connectivity index (χ0n) is 8.05. The first-order chi connectivity index (χ1) is 7.72. The fourth-order valence-corrected chi connectivity index (χ4v) is 1.22. The highest BCUT2D eigenvalue weighted by Gasteiger charge is 2.11. The molecule has 5 nitrogen and oxygen atoms in total. The van der Waals surface area contributed by atoms with E-state index in [2.05, 4.69) is 15.2 Å². The molecule has 0 saturated heterocycles. The van der Waals surface area contributed by atoms with E-state index in [1.807, 2.05) is 0 Å². The van der Waals surface area contributed by atoms with Gasteiger partial charge in [0.25, 0.3) is 0 Å². The molecule has 0 spiro atoms. The average Bonchev–Trinajstić information content (AvgIpc) is 2.31. The molecule has 0 saturated carbocycles. The van der Waals surface area contributed by atoms with Crippen LogP contribution in [0.3, 0.4) is 0 Å². The number of halogens is 1. The molecule has 78 valence electrons. The summed E-state index contributed by atoms with van der Waals surface area (Å²) in [5.74, 6) is -0.619. The highest BCUT2D eigenvalue weighted by Crippen LogP contribution is 2.21. The number of hydrogen-bond acceptors (Lipinski definition) is 5. The number of benzene rings is 1. The number of nitrogens with zero attached hydrogens (tertiary/aromatic N) is 4. The third-order valence-corrected chi connectivity index (χ3v) is 1.97. The van der Waals surface area contributed by atoms with E-state index in [0.717, 1.165) is 0 Å². The fraction of sp³-hybridized carbons (Fsp3) is 0. The van der Waals surface area contributed by atoms with Crippen molar-refractivity contribution in [1.29, 1.82) is 5.26 Å². The first-order valence-electron chi connectivity index (χ1n) is 4.36. The van der Waals surface area contributed by atoms with Crippen LogP contribution in [-0.4, -0.2) is 15.2 Å². The number of nitriles is 1. The van der Waals surface area contributed by atoms with Crippen LogP contribution in [0.25, 0.3) is 11.3 Å². The van der Waals surface area contributed by atoms with Gasteiger partial charge in [0.1, 0.15) is 17.6 Å². The number of hydrogen-bond donors (Lipinski definition) is 1. The smallest absolute Gasteiger partial charge is 0.240 e. The summed E-state index contributed by atoms with van der Waals surface area (Å²) in [4.78, 5) is 3.71. The topological polar surface area (TPSA) is 88.5 Å². The van der Waals surface area contributed by atoms with Crippen LogP contribution in [-0.2, 0) is 0 Å². The molecule has 0 aliphatic rings. The van der Waals surface area contributed by atoms with Gasteiger partial charge in [-0.25, -0.2) is 9.37 Å². The zero-order chi connectivity index (χ0) is 11.5. The largest absolute Gasteiger partial charge is 0.366 e. The zero-order valence-corrected chi connectivity index (χ0v) is 8.05. The van der Waals surface area contributed by atoms with Crippen molar-refractivity contribution < 1.29 is 4.39 Å². The Kier molecular flexibility index (Phi) is 2.44. The van der Waals surface area contributed by atoms with Gasteiger partial charge in [-0.05, 0) is 12.1 Å². The van der Waals surface area contributed by atoms with Crippen molar-refractivity contribution in [1.82, 2.24) is 15.2 Å². The maximum atomic E-state index is 13.7. The molecule has 0 radical (unpaired) electrons. The maximum Gasteiger partial charge on any atom is 0.240 e. The molecule has 0 bridgehead atoms. The molecule has 0 aliphatic carbocycles. The molecule has 2 N–H and O–H groups in total. The Labute approximate surface area is 90.4 Å². The van der Waals surface area contributed by atoms with Gasteiger partial charge in [0.2, 0.25) is 5.95 Å². The third kappa shape index (κ3) is 1.66. The molecule has 0 atom stereocenters. The van der Waals surface area contributed by atoms with E-state index >= 15 is 0 Å². The Morgan fingerprint density at radius 1 is 1.31 bits per heavy atom. The molecule has 0 amide bonds. The quantitative estimate of drug-likeness (QED) is 0.770. The highest BCUT2D eigenvalue weighted by molar-refractivity contribution is 5.61. The van der Waals surface area contributed by atoms with Crippen molar-refractivity contribution in [2.45, 2.75) is 0 Å². The van der Waals surface area contributed by atoms with Gasteiger partial charge in [-0.15, -0.1) is 10.2 Å². The molecule has 6 heteroatoms. The summed E-state index contributed by atoms with van der Waals surface area (Å²) in [6, 6.07) is 6.20. The summed E-state index contributed by atoms with van der Waals surface area (Å²) in [7, 11) is 0. The van der Waals surface area contributed by atoms with E-state index in [4.69, 9.17) is 11.0 Å². The normalized spacial score (nSPS) is 9.75. The van der Waals surface area contributed by atoms with Crippen LogP contribution in [0.1, 0.15) is 5.56 Å². The SMILES string of the molecule is N#Cc1cccc(-c2cnc(N)nn2)c1F. The van der Waals surface area contributed by atoms with Gasteiger partial charge in [-0.3, -0.25) is 0 Å². The first kappa shape index (κ1) is 9.98. The second kappa shape index (κ2) is 3.90. The number of anilines is 1. The summed E-state index contributed by atoms with van der Waals surface area (Å²) in [6.45, 7) is 0. The summed E-state index contributed by atoms with van der Waals surface area (Å²) in [5, 5.41) is 15.9. The van der Waals surface area contributed by atoms with Gasteiger partial charge in [0, 0.05) is 5.56 Å². The van der Waals surface area contributed by atoms with Crippen LogP contribution in [0.2, 0.25) is 0 Å². The van der Waals surface area contributed by atoms with Crippen LogP contribution in [0, 0.1) is 17.1 Å². The first-order valence-corrected chi connectivity index (χ1v) is 4.36. The van der Waals surface area contributed by atoms with Crippen molar-refractivity contribution >= 4 is 5.95 Å². The number of aromatic nitrogens is 3. The lowest BCUT2D eigenvalue weighted by Gasteiger charge is -2.02. The molecule has 1 heterocycles. The van der Waals surface area contributed by atoms with E-state index in [-0.39, 0.29) is 22.8 Å². The highest BCUT2D eigenvalue weighted by atomic mass is 19.1. The van der Waals surface area contributed by atoms with Crippen molar-refractivity contribution in [2.75, 3.05) is 5.73 Å². The molecular formula is C10H6FN5. The Balaban J connectivity index is 2.57. The standard InChI is InChI=1S/C10H6FN5/c11-9-6(4-12)2-1-3-7(9)8-5-14-10(13)16-15-8/h1-3,5H,(H2,13,14,16). The van der Waals surface area contributed by atoms with E-state index in [0.29, 0.717) is 0 Å². The summed E-state index contributed by atoms with van der Waals surface area (Å²) in [6.07, 6.45) is 1.31. The van der Waals surface area contributed by atoms with Crippen LogP contribution >= 0.6 is 0 Å². The lowest BCUT2D eigenvalue weighted by atomic mass is 10.1. The molecule has 2 aromatic rings. The molecule has 16 heavy (non-hydrogen) atoms. The van der Waals surface area contributed by atoms with E-state index < -0.39 is 5.82 Å². The second-order valence-electron chi connectivity index (χ2n) is 2.98. The van der Waals surface area contributed by atoms with Crippen LogP contribution < -0.4 is 5.73 Å². The van der Waals surface area contributed by atoms with Crippen molar-refractivity contribution in [3.05, 3.63) is 35.8 Å². The maximum absolute atomic E-state index is 13.7. The number of nitrogens with two attached hydrogens (primary N) is 1. The second-order valence-corrected chi connectivity index (χ2v) is 2.98. The third-order valence-electron chi connectivity index (χ3n) is 1.97. The van der Waals surface area contributed by atoms with Gasteiger partial charge in [-0.2, -0.15) is 5.26 Å². The van der Waals surface area contributed by atoms with Crippen LogP contribution in [0.5, 0.6) is 0 Å². The fourth-order valence-electron chi connectivity index (χ4n) is 1.22. The molecule has 1 aromatic heterocycles. The minimum atomic E-state index is -0.633. The van der Waals surface area contributed by atoms with E-state index in [1.165, 1.54) is 18.3 Å². The lowest BCUT2D eigenvalue weighted by molar-refractivity contribution is 0.626. The van der Waals surface area contributed by atoms with Crippen LogP contribution in [0.4, 0.5) is 10.3 Å². The predicted octanol–water partition coefficient (Wildman–Crippen LogP) is 1.13. The van der Waals surface area contributed by atoms with Crippen molar-refractivity contribution in [3.8, 4) is 17.3 Å². The molecular weight excluding hydrogens is 209 g/mol. The minimum Gasteiger partial charge on any atom is -0.366 e. The van der Waals surface area contributed by atoms with Gasteiger partial charge >= 0.3 is 0 Å². The lowest BCUT2D eigenvalue weighted by Crippen LogP contribution is -1.99. The molecule has 0 aliphatic heterocycles. The molecule has 0 fully saturated rings. The van der Waals surface area contributed by atoms with Crippen molar-refractivity contribution in [2.24, 2.45) is 0 Å². The summed E-state index contributed by atoms with van der Waals surface area (Å²) in [5.41, 5.74) is 5.64. The minimum absolute atomic E-state index is 0.0144. The summed E-state index contributed by atoms with van der Waals surface area (Å²) >= 11 is 0. The number of rotatable bonds is 1. The van der Waals surface area contributed by atoms with Gasteiger partial charge in [0.05, 0.1) is 11.8 Å². The predicted molar refractivity (Wildman–Crippen MR) is 54.3 cm³/mol. The number of nitrogen functional groups attached to an aromatic ring is 1. The Morgan fingerprint density at radius 2 is 2.12 bits per heavy atom. The van der Waals surface area contributed by atoms with Crippen LogP contribution in [0.15, 0.2) is 24.4 Å². The average molecular weight is 215 g/mol. The Hall–Kier alpha value is -2.55.